The van der Waals surface area contributed by atoms with Crippen LogP contribution in [0.3, 0.4) is 0 Å². The molecule has 1 aromatic carbocycles. The lowest BCUT2D eigenvalue weighted by Crippen LogP contribution is -2.41. The highest BCUT2D eigenvalue weighted by molar-refractivity contribution is 5.58. The van der Waals surface area contributed by atoms with Crippen molar-refractivity contribution in [3.63, 3.8) is 0 Å². The Morgan fingerprint density at radius 2 is 2.12 bits per heavy atom. The van der Waals surface area contributed by atoms with E-state index in [2.05, 4.69) is 10.00 Å². The molecule has 0 spiro atoms. The van der Waals surface area contributed by atoms with Gasteiger partial charge < -0.3 is 9.64 Å². The molecule has 0 radical (unpaired) electrons. The molecule has 0 unspecified atom stereocenters. The Morgan fingerprint density at radius 1 is 1.28 bits per heavy atom. The monoisotopic (exact) mass is 436 g/mol. The van der Waals surface area contributed by atoms with E-state index in [1.54, 1.807) is 12.4 Å². The van der Waals surface area contributed by atoms with Crippen molar-refractivity contribution in [2.45, 2.75) is 51.7 Å². The molecule has 1 aliphatic carbocycles. The third kappa shape index (κ3) is 4.09. The molecule has 0 amide bonds. The molecule has 1 saturated heterocycles. The van der Waals surface area contributed by atoms with Crippen LogP contribution in [0.5, 0.6) is 0 Å². The third-order valence-corrected chi connectivity index (χ3v) is 6.38. The van der Waals surface area contributed by atoms with Crippen LogP contribution in [0.1, 0.15) is 49.3 Å². The van der Waals surface area contributed by atoms with Gasteiger partial charge in [-0.3, -0.25) is 14.0 Å². The van der Waals surface area contributed by atoms with Crippen molar-refractivity contribution in [3.05, 3.63) is 75.7 Å². The van der Waals surface area contributed by atoms with Gasteiger partial charge in [-0.15, -0.1) is 0 Å². The Balaban J connectivity index is 1.55. The van der Waals surface area contributed by atoms with Crippen molar-refractivity contribution in [2.75, 3.05) is 24.6 Å². The Kier molecular flexibility index (Phi) is 5.59. The molecule has 0 bridgehead atoms. The van der Waals surface area contributed by atoms with Crippen molar-refractivity contribution in [3.8, 4) is 5.69 Å². The van der Waals surface area contributed by atoms with Gasteiger partial charge in [0.25, 0.3) is 5.56 Å². The summed E-state index contributed by atoms with van der Waals surface area (Å²) in [7, 11) is 0. The zero-order chi connectivity index (χ0) is 22.2. The molecule has 7 heteroatoms. The summed E-state index contributed by atoms with van der Waals surface area (Å²) in [6.07, 6.45) is 7.98. The number of ether oxygens (including phenoxy) is 1. The number of hydrogen-bond acceptors (Lipinski definition) is 4. The molecule has 32 heavy (non-hydrogen) atoms. The fourth-order valence-electron chi connectivity index (χ4n) is 4.47. The number of anilines is 1. The number of pyridine rings is 1. The maximum absolute atomic E-state index is 15.6. The van der Waals surface area contributed by atoms with Crippen LogP contribution in [0.2, 0.25) is 0 Å². The number of benzene rings is 1. The van der Waals surface area contributed by atoms with Crippen molar-refractivity contribution in [2.24, 2.45) is 0 Å². The van der Waals surface area contributed by atoms with E-state index in [9.17, 15) is 4.79 Å². The summed E-state index contributed by atoms with van der Waals surface area (Å²) in [5.74, 6) is -0.0402. The minimum atomic E-state index is -0.282. The van der Waals surface area contributed by atoms with Gasteiger partial charge in [0.05, 0.1) is 24.6 Å². The van der Waals surface area contributed by atoms with Crippen molar-refractivity contribution in [1.82, 2.24) is 14.3 Å². The molecule has 3 aromatic rings. The predicted molar refractivity (Wildman–Crippen MR) is 122 cm³/mol. The van der Waals surface area contributed by atoms with Gasteiger partial charge in [0.15, 0.2) is 5.82 Å². The summed E-state index contributed by atoms with van der Waals surface area (Å²) >= 11 is 0. The van der Waals surface area contributed by atoms with Gasteiger partial charge in [-0.2, -0.15) is 5.10 Å². The van der Waals surface area contributed by atoms with E-state index in [4.69, 9.17) is 4.74 Å². The molecular weight excluding hydrogens is 407 g/mol. The van der Waals surface area contributed by atoms with E-state index >= 15 is 4.39 Å². The van der Waals surface area contributed by atoms with Gasteiger partial charge in [0.1, 0.15) is 0 Å². The van der Waals surface area contributed by atoms with E-state index in [-0.39, 0.29) is 23.4 Å². The molecule has 168 valence electrons. The van der Waals surface area contributed by atoms with Crippen LogP contribution < -0.4 is 10.5 Å². The highest BCUT2D eigenvalue weighted by atomic mass is 19.1. The van der Waals surface area contributed by atoms with Crippen LogP contribution in [0.25, 0.3) is 5.69 Å². The van der Waals surface area contributed by atoms with Crippen LogP contribution in [-0.2, 0) is 17.7 Å². The Labute approximate surface area is 187 Å². The number of hydrogen-bond donors (Lipinski definition) is 0. The SMILES string of the molecule is CCn1cc(Cc2cccn(-c3cc(N4CCO[C@H](C)C4)cc(C4CC4)c3F)c2=O)cn1. The molecule has 2 fully saturated rings. The predicted octanol–water partition coefficient (Wildman–Crippen LogP) is 3.89. The minimum Gasteiger partial charge on any atom is -0.375 e. The Bertz CT molecular complexity index is 1180. The highest BCUT2D eigenvalue weighted by Gasteiger charge is 2.30. The molecule has 3 heterocycles. The largest absolute Gasteiger partial charge is 0.375 e. The van der Waals surface area contributed by atoms with Crippen molar-refractivity contribution < 1.29 is 9.13 Å². The summed E-state index contributed by atoms with van der Waals surface area (Å²) in [6.45, 7) is 7.01. The summed E-state index contributed by atoms with van der Waals surface area (Å²) in [5, 5.41) is 4.29. The quantitative estimate of drug-likeness (QED) is 0.588. The highest BCUT2D eigenvalue weighted by Crippen LogP contribution is 2.44. The standard InChI is InChI=1S/C25H29FN4O2/c1-3-29-16-18(14-27-29)11-20-5-4-8-30(25(20)31)23-13-21(28-9-10-32-17(2)15-28)12-22(24(23)26)19-6-7-19/h4-5,8,12-14,16-17,19H,3,6-7,9-11,15H2,1-2H3/t17-/m1/s1. The first kappa shape index (κ1) is 20.9. The second kappa shape index (κ2) is 8.54. The first-order valence-corrected chi connectivity index (χ1v) is 11.5. The average molecular weight is 437 g/mol. The number of morpholine rings is 1. The van der Waals surface area contributed by atoms with Crippen LogP contribution in [0, 0.1) is 5.82 Å². The van der Waals surface area contributed by atoms with Gasteiger partial charge in [-0.05, 0) is 61.9 Å². The van der Waals surface area contributed by atoms with Gasteiger partial charge in [-0.1, -0.05) is 6.07 Å². The normalized spacial score (nSPS) is 18.8. The van der Waals surface area contributed by atoms with E-state index in [0.29, 0.717) is 24.3 Å². The molecule has 1 aliphatic heterocycles. The summed E-state index contributed by atoms with van der Waals surface area (Å²) in [6, 6.07) is 7.43. The van der Waals surface area contributed by atoms with E-state index in [0.717, 1.165) is 49.3 Å². The molecule has 5 rings (SSSR count). The van der Waals surface area contributed by atoms with Crippen LogP contribution >= 0.6 is 0 Å². The number of halogens is 1. The molecule has 1 atom stereocenters. The summed E-state index contributed by atoms with van der Waals surface area (Å²) in [5.41, 5.74) is 3.42. The van der Waals surface area contributed by atoms with Gasteiger partial charge in [0.2, 0.25) is 0 Å². The molecule has 0 N–H and O–H groups in total. The molecule has 2 aromatic heterocycles. The first-order valence-electron chi connectivity index (χ1n) is 11.5. The summed E-state index contributed by atoms with van der Waals surface area (Å²) < 4.78 is 24.6. The zero-order valence-electron chi connectivity index (χ0n) is 18.6. The van der Waals surface area contributed by atoms with Crippen LogP contribution in [0.15, 0.2) is 47.7 Å². The second-order valence-corrected chi connectivity index (χ2v) is 8.86. The lowest BCUT2D eigenvalue weighted by atomic mass is 10.1. The first-order chi connectivity index (χ1) is 15.5. The maximum atomic E-state index is 15.6. The Hall–Kier alpha value is -2.93. The zero-order valence-corrected chi connectivity index (χ0v) is 18.6. The molecular formula is C25H29FN4O2. The van der Waals surface area contributed by atoms with E-state index < -0.39 is 0 Å². The van der Waals surface area contributed by atoms with Crippen LogP contribution in [-0.4, -0.2) is 40.1 Å². The van der Waals surface area contributed by atoms with Gasteiger partial charge in [0, 0.05) is 49.7 Å². The number of aryl methyl sites for hydroxylation is 1. The van der Waals surface area contributed by atoms with Crippen LogP contribution in [0.4, 0.5) is 10.1 Å². The molecule has 1 saturated carbocycles. The van der Waals surface area contributed by atoms with Gasteiger partial charge in [-0.25, -0.2) is 4.39 Å². The summed E-state index contributed by atoms with van der Waals surface area (Å²) in [4.78, 5) is 15.6. The molecule has 2 aliphatic rings. The van der Waals surface area contributed by atoms with Crippen molar-refractivity contribution in [1.29, 1.82) is 0 Å². The lowest BCUT2D eigenvalue weighted by Gasteiger charge is -2.33. The average Bonchev–Trinajstić information content (AvgIpc) is 3.54. The second-order valence-electron chi connectivity index (χ2n) is 8.86. The molecule has 6 nitrogen and oxygen atoms in total. The van der Waals surface area contributed by atoms with Crippen molar-refractivity contribution >= 4 is 5.69 Å². The lowest BCUT2D eigenvalue weighted by molar-refractivity contribution is 0.0532. The topological polar surface area (TPSA) is 52.3 Å². The maximum Gasteiger partial charge on any atom is 0.258 e. The minimum absolute atomic E-state index is 0.122. The number of nitrogens with zero attached hydrogens (tertiary/aromatic N) is 4. The van der Waals surface area contributed by atoms with Gasteiger partial charge >= 0.3 is 0 Å². The van der Waals surface area contributed by atoms with E-state index in [1.165, 1.54) is 4.57 Å². The number of rotatable bonds is 6. The number of aromatic nitrogens is 3. The Morgan fingerprint density at radius 3 is 2.84 bits per heavy atom. The third-order valence-electron chi connectivity index (χ3n) is 6.38. The van der Waals surface area contributed by atoms with E-state index in [1.807, 2.05) is 49.0 Å². The smallest absolute Gasteiger partial charge is 0.258 e. The fourth-order valence-corrected chi connectivity index (χ4v) is 4.47. The fraction of sp³-hybridized carbons (Fsp3) is 0.440.